The first kappa shape index (κ1) is 15.0. The minimum atomic E-state index is -0.184. The topological polar surface area (TPSA) is 54.0 Å². The lowest BCUT2D eigenvalue weighted by molar-refractivity contribution is 0.101. The molecule has 0 atom stereocenters. The molecule has 5 nitrogen and oxygen atoms in total. The van der Waals surface area contributed by atoms with Crippen LogP contribution in [0.4, 0.5) is 0 Å². The van der Waals surface area contributed by atoms with Crippen LogP contribution in [0.1, 0.15) is 15.9 Å². The molecule has 23 heavy (non-hydrogen) atoms. The third kappa shape index (κ3) is 2.61. The van der Waals surface area contributed by atoms with Crippen molar-refractivity contribution in [1.82, 2.24) is 0 Å². The van der Waals surface area contributed by atoms with E-state index in [9.17, 15) is 4.79 Å². The SMILES string of the molecule is COc1ccc(/C=C2\Oc3c(ccc(OC)c3OC)C2=O)cc1. The standard InChI is InChI=1S/C18H16O5/c1-20-12-6-4-11(5-7-12)10-15-16(19)13-8-9-14(21-2)18(22-3)17(13)23-15/h4-10H,1-3H3/b15-10-. The monoisotopic (exact) mass is 312 g/mol. The number of carbonyl (C=O) groups is 1. The molecule has 2 aromatic carbocycles. The molecule has 3 rings (SSSR count). The average Bonchev–Trinajstić information content (AvgIpc) is 2.90. The van der Waals surface area contributed by atoms with E-state index in [4.69, 9.17) is 18.9 Å². The number of rotatable bonds is 4. The van der Waals surface area contributed by atoms with Crippen molar-refractivity contribution >= 4 is 11.9 Å². The second kappa shape index (κ2) is 6.04. The van der Waals surface area contributed by atoms with E-state index in [2.05, 4.69) is 0 Å². The van der Waals surface area contributed by atoms with Gasteiger partial charge in [-0.25, -0.2) is 0 Å². The van der Waals surface area contributed by atoms with Crippen LogP contribution in [0.3, 0.4) is 0 Å². The molecular weight excluding hydrogens is 296 g/mol. The van der Waals surface area contributed by atoms with Crippen molar-refractivity contribution < 1.29 is 23.7 Å². The molecule has 0 saturated carbocycles. The van der Waals surface area contributed by atoms with E-state index in [1.807, 2.05) is 24.3 Å². The quantitative estimate of drug-likeness (QED) is 0.811. The molecule has 0 amide bonds. The van der Waals surface area contributed by atoms with Crippen LogP contribution in [0.25, 0.3) is 6.08 Å². The van der Waals surface area contributed by atoms with Crippen molar-refractivity contribution in [2.45, 2.75) is 0 Å². The second-order valence-corrected chi connectivity index (χ2v) is 4.89. The molecule has 0 aliphatic carbocycles. The van der Waals surface area contributed by atoms with Gasteiger partial charge >= 0.3 is 0 Å². The molecule has 118 valence electrons. The highest BCUT2D eigenvalue weighted by Gasteiger charge is 2.32. The predicted molar refractivity (Wildman–Crippen MR) is 85.5 cm³/mol. The van der Waals surface area contributed by atoms with Crippen LogP contribution >= 0.6 is 0 Å². The van der Waals surface area contributed by atoms with Crippen LogP contribution in [-0.4, -0.2) is 27.1 Å². The van der Waals surface area contributed by atoms with Gasteiger partial charge in [0.15, 0.2) is 17.3 Å². The smallest absolute Gasteiger partial charge is 0.232 e. The van der Waals surface area contributed by atoms with Crippen LogP contribution in [0.5, 0.6) is 23.0 Å². The molecule has 0 radical (unpaired) electrons. The van der Waals surface area contributed by atoms with Crippen LogP contribution in [0.2, 0.25) is 0 Å². The molecule has 0 aromatic heterocycles. The fourth-order valence-corrected chi connectivity index (χ4v) is 2.41. The largest absolute Gasteiger partial charge is 0.497 e. The molecule has 0 N–H and O–H groups in total. The Bertz CT molecular complexity index is 775. The Morgan fingerprint density at radius 1 is 0.913 bits per heavy atom. The summed E-state index contributed by atoms with van der Waals surface area (Å²) in [7, 11) is 4.65. The first-order chi connectivity index (χ1) is 11.2. The first-order valence-corrected chi connectivity index (χ1v) is 7.01. The van der Waals surface area contributed by atoms with Crippen LogP contribution in [0, 0.1) is 0 Å². The van der Waals surface area contributed by atoms with Gasteiger partial charge in [-0.1, -0.05) is 12.1 Å². The molecule has 0 unspecified atom stereocenters. The summed E-state index contributed by atoms with van der Waals surface area (Å²) >= 11 is 0. The number of allylic oxidation sites excluding steroid dienone is 1. The van der Waals surface area contributed by atoms with Crippen molar-refractivity contribution in [3.05, 3.63) is 53.3 Å². The van der Waals surface area contributed by atoms with E-state index in [1.54, 1.807) is 25.3 Å². The predicted octanol–water partition coefficient (Wildman–Crippen LogP) is 3.33. The zero-order valence-corrected chi connectivity index (χ0v) is 13.1. The number of ketones is 1. The number of Topliss-reactive ketones (excluding diaryl/α,β-unsaturated/α-hetero) is 1. The maximum atomic E-state index is 12.5. The maximum absolute atomic E-state index is 12.5. The second-order valence-electron chi connectivity index (χ2n) is 4.89. The van der Waals surface area contributed by atoms with Crippen LogP contribution in [0.15, 0.2) is 42.2 Å². The molecule has 1 aliphatic heterocycles. The van der Waals surface area contributed by atoms with Gasteiger partial charge in [0.25, 0.3) is 0 Å². The number of fused-ring (bicyclic) bond motifs is 1. The highest BCUT2D eigenvalue weighted by Crippen LogP contribution is 2.45. The minimum Gasteiger partial charge on any atom is -0.497 e. The van der Waals surface area contributed by atoms with Gasteiger partial charge in [-0.3, -0.25) is 4.79 Å². The Labute approximate surface area is 134 Å². The van der Waals surface area contributed by atoms with Gasteiger partial charge in [0.05, 0.1) is 26.9 Å². The van der Waals surface area contributed by atoms with Crippen molar-refractivity contribution in [3.8, 4) is 23.0 Å². The van der Waals surface area contributed by atoms with E-state index in [0.29, 0.717) is 22.8 Å². The number of benzene rings is 2. The lowest BCUT2D eigenvalue weighted by Crippen LogP contribution is -1.97. The molecule has 0 saturated heterocycles. The van der Waals surface area contributed by atoms with Gasteiger partial charge in [0.2, 0.25) is 11.5 Å². The highest BCUT2D eigenvalue weighted by atomic mass is 16.5. The van der Waals surface area contributed by atoms with Gasteiger partial charge in [-0.2, -0.15) is 0 Å². The molecular formula is C18H16O5. The van der Waals surface area contributed by atoms with E-state index < -0.39 is 0 Å². The van der Waals surface area contributed by atoms with Crippen LogP contribution < -0.4 is 18.9 Å². The highest BCUT2D eigenvalue weighted by molar-refractivity contribution is 6.15. The molecule has 0 fully saturated rings. The summed E-state index contributed by atoms with van der Waals surface area (Å²) in [4.78, 5) is 12.5. The summed E-state index contributed by atoms with van der Waals surface area (Å²) in [5.41, 5.74) is 1.30. The normalized spacial score (nSPS) is 14.4. The fraction of sp³-hybridized carbons (Fsp3) is 0.167. The fourth-order valence-electron chi connectivity index (χ4n) is 2.41. The number of hydrogen-bond acceptors (Lipinski definition) is 5. The Morgan fingerprint density at radius 2 is 1.65 bits per heavy atom. The Hall–Kier alpha value is -2.95. The molecule has 0 spiro atoms. The lowest BCUT2D eigenvalue weighted by atomic mass is 10.1. The number of carbonyl (C=O) groups excluding carboxylic acids is 1. The minimum absolute atomic E-state index is 0.184. The Morgan fingerprint density at radius 3 is 2.26 bits per heavy atom. The van der Waals surface area contributed by atoms with Gasteiger partial charge in [0, 0.05) is 0 Å². The third-order valence-corrected chi connectivity index (χ3v) is 3.59. The third-order valence-electron chi connectivity index (χ3n) is 3.59. The summed E-state index contributed by atoms with van der Waals surface area (Å²) in [5.74, 6) is 2.13. The van der Waals surface area contributed by atoms with Crippen molar-refractivity contribution in [2.75, 3.05) is 21.3 Å². The summed E-state index contributed by atoms with van der Waals surface area (Å²) in [5, 5.41) is 0. The van der Waals surface area contributed by atoms with E-state index in [1.165, 1.54) is 14.2 Å². The van der Waals surface area contributed by atoms with Gasteiger partial charge in [-0.05, 0) is 35.9 Å². The van der Waals surface area contributed by atoms with Crippen LogP contribution in [-0.2, 0) is 0 Å². The average molecular weight is 312 g/mol. The van der Waals surface area contributed by atoms with E-state index in [0.717, 1.165) is 11.3 Å². The molecule has 1 heterocycles. The summed E-state index contributed by atoms with van der Waals surface area (Å²) in [6, 6.07) is 10.7. The van der Waals surface area contributed by atoms with Crippen molar-refractivity contribution in [3.63, 3.8) is 0 Å². The Kier molecular flexibility index (Phi) is 3.93. The first-order valence-electron chi connectivity index (χ1n) is 7.01. The lowest BCUT2D eigenvalue weighted by Gasteiger charge is -2.10. The maximum Gasteiger partial charge on any atom is 0.232 e. The van der Waals surface area contributed by atoms with E-state index in [-0.39, 0.29) is 11.5 Å². The number of ether oxygens (including phenoxy) is 4. The van der Waals surface area contributed by atoms with E-state index >= 15 is 0 Å². The van der Waals surface area contributed by atoms with Gasteiger partial charge in [0.1, 0.15) is 5.75 Å². The molecule has 0 bridgehead atoms. The molecule has 5 heteroatoms. The zero-order chi connectivity index (χ0) is 16.4. The van der Waals surface area contributed by atoms with Gasteiger partial charge in [-0.15, -0.1) is 0 Å². The molecule has 2 aromatic rings. The summed E-state index contributed by atoms with van der Waals surface area (Å²) in [6.45, 7) is 0. The number of methoxy groups -OCH3 is 3. The number of hydrogen-bond donors (Lipinski definition) is 0. The molecule has 1 aliphatic rings. The van der Waals surface area contributed by atoms with Crippen molar-refractivity contribution in [1.29, 1.82) is 0 Å². The van der Waals surface area contributed by atoms with Gasteiger partial charge < -0.3 is 18.9 Å². The van der Waals surface area contributed by atoms with Crippen molar-refractivity contribution in [2.24, 2.45) is 0 Å². The Balaban J connectivity index is 1.98. The zero-order valence-electron chi connectivity index (χ0n) is 13.1. The summed E-state index contributed by atoms with van der Waals surface area (Å²) in [6.07, 6.45) is 1.69. The summed E-state index contributed by atoms with van der Waals surface area (Å²) < 4.78 is 21.4.